The molecule has 6 nitrogen and oxygen atoms in total. The Hall–Kier alpha value is -0.480. The lowest BCUT2D eigenvalue weighted by atomic mass is 10.2. The van der Waals surface area contributed by atoms with Crippen LogP contribution < -0.4 is 0 Å². The van der Waals surface area contributed by atoms with Crippen LogP contribution in [0.5, 0.6) is 0 Å². The van der Waals surface area contributed by atoms with E-state index in [1.54, 1.807) is 26.8 Å². The Morgan fingerprint density at radius 3 is 2.30 bits per heavy atom. The minimum absolute atomic E-state index is 0.201. The second-order valence-electron chi connectivity index (χ2n) is 6.29. The number of likely N-dealkylation sites (N-methyl/N-ethyl adjacent to an activating group) is 1. The molecule has 0 N–H and O–H groups in total. The number of carbonyl (C=O) groups excluding carboxylic acids is 1. The molecule has 1 heterocycles. The van der Waals surface area contributed by atoms with Crippen molar-refractivity contribution < 1.29 is 17.9 Å². The van der Waals surface area contributed by atoms with Crippen LogP contribution in [0.2, 0.25) is 0 Å². The van der Waals surface area contributed by atoms with Crippen molar-refractivity contribution in [2.24, 2.45) is 0 Å². The van der Waals surface area contributed by atoms with Crippen LogP contribution >= 0.6 is 27.3 Å². The molecule has 23 heavy (non-hydrogen) atoms. The van der Waals surface area contributed by atoms with Crippen LogP contribution in [0, 0.1) is 0 Å². The van der Waals surface area contributed by atoms with Crippen molar-refractivity contribution >= 4 is 43.3 Å². The van der Waals surface area contributed by atoms with Crippen molar-refractivity contribution in [3.8, 4) is 0 Å². The van der Waals surface area contributed by atoms with Crippen LogP contribution in [0.15, 0.2) is 20.1 Å². The highest BCUT2D eigenvalue weighted by molar-refractivity contribution is 9.11. The molecule has 0 spiro atoms. The fourth-order valence-corrected chi connectivity index (χ4v) is 5.22. The molecule has 0 atom stereocenters. The molecule has 0 aliphatic rings. The minimum atomic E-state index is -3.73. The van der Waals surface area contributed by atoms with Crippen molar-refractivity contribution in [3.63, 3.8) is 0 Å². The van der Waals surface area contributed by atoms with Gasteiger partial charge in [0.15, 0.2) is 0 Å². The molecular weight excluding hydrogens is 404 g/mol. The summed E-state index contributed by atoms with van der Waals surface area (Å²) in [5, 5.41) is 0. The second kappa shape index (κ2) is 8.06. The second-order valence-corrected chi connectivity index (χ2v) is 10.9. The van der Waals surface area contributed by atoms with Gasteiger partial charge in [-0.3, -0.25) is 4.79 Å². The molecule has 0 fully saturated rings. The molecule has 0 saturated carbocycles. The quantitative estimate of drug-likeness (QED) is 0.626. The average Bonchev–Trinajstić information content (AvgIpc) is 2.79. The minimum Gasteiger partial charge on any atom is -0.459 e. The van der Waals surface area contributed by atoms with Gasteiger partial charge in [0.2, 0.25) is 0 Å². The fourth-order valence-electron chi connectivity index (χ4n) is 1.68. The van der Waals surface area contributed by atoms with Gasteiger partial charge in [-0.1, -0.05) is 0 Å². The average molecular weight is 427 g/mol. The Morgan fingerprint density at radius 1 is 1.26 bits per heavy atom. The molecule has 1 aromatic heterocycles. The van der Waals surface area contributed by atoms with Gasteiger partial charge in [-0.05, 0) is 62.9 Å². The summed E-state index contributed by atoms with van der Waals surface area (Å²) in [7, 11) is -0.0378. The van der Waals surface area contributed by atoms with E-state index in [-0.39, 0.29) is 17.3 Å². The van der Waals surface area contributed by atoms with Crippen molar-refractivity contribution in [1.29, 1.82) is 0 Å². The lowest BCUT2D eigenvalue weighted by molar-refractivity contribution is -0.155. The van der Waals surface area contributed by atoms with Crippen molar-refractivity contribution in [2.45, 2.75) is 30.6 Å². The number of nitrogens with zero attached hydrogens (tertiary/aromatic N) is 2. The maximum absolute atomic E-state index is 12.7. The normalized spacial score (nSPS) is 12.9. The van der Waals surface area contributed by atoms with Gasteiger partial charge in [0.05, 0.1) is 3.79 Å². The highest BCUT2D eigenvalue weighted by atomic mass is 79.9. The SMILES string of the molecule is CN(C)CCN(CC(=O)OC(C)(C)C)S(=O)(=O)c1ccc(Br)s1. The maximum Gasteiger partial charge on any atom is 0.321 e. The van der Waals surface area contributed by atoms with E-state index in [0.29, 0.717) is 6.54 Å². The first-order valence-electron chi connectivity index (χ1n) is 7.04. The summed E-state index contributed by atoms with van der Waals surface area (Å²) in [4.78, 5) is 13.9. The first-order chi connectivity index (χ1) is 10.4. The number of thiophene rings is 1. The number of sulfonamides is 1. The topological polar surface area (TPSA) is 66.9 Å². The van der Waals surface area contributed by atoms with Gasteiger partial charge in [0.1, 0.15) is 16.4 Å². The van der Waals surface area contributed by atoms with Gasteiger partial charge in [-0.25, -0.2) is 8.42 Å². The number of hydrogen-bond acceptors (Lipinski definition) is 6. The molecule has 0 bridgehead atoms. The van der Waals surface area contributed by atoms with Crippen LogP contribution in [0.3, 0.4) is 0 Å². The Labute approximate surface area is 150 Å². The number of rotatable bonds is 7. The molecule has 1 aromatic rings. The summed E-state index contributed by atoms with van der Waals surface area (Å²) < 4.78 is 32.8. The third-order valence-corrected chi connectivity index (χ3v) is 6.60. The monoisotopic (exact) mass is 426 g/mol. The molecule has 0 radical (unpaired) electrons. The van der Waals surface area contributed by atoms with Gasteiger partial charge >= 0.3 is 5.97 Å². The zero-order chi connectivity index (χ0) is 17.8. The van der Waals surface area contributed by atoms with Gasteiger partial charge < -0.3 is 9.64 Å². The van der Waals surface area contributed by atoms with Crippen LogP contribution in [-0.4, -0.2) is 62.9 Å². The Balaban J connectivity index is 2.98. The molecular formula is C14H23BrN2O4S2. The van der Waals surface area contributed by atoms with Gasteiger partial charge in [0, 0.05) is 13.1 Å². The largest absolute Gasteiger partial charge is 0.459 e. The van der Waals surface area contributed by atoms with Crippen molar-refractivity contribution in [3.05, 3.63) is 15.9 Å². The predicted octanol–water partition coefficient (Wildman–Crippen LogP) is 2.40. The van der Waals surface area contributed by atoms with E-state index in [1.807, 2.05) is 19.0 Å². The lowest BCUT2D eigenvalue weighted by Gasteiger charge is -2.25. The molecule has 0 aromatic carbocycles. The summed E-state index contributed by atoms with van der Waals surface area (Å²) in [5.74, 6) is -0.560. The standard InChI is InChI=1S/C14H23BrN2O4S2/c1-14(2,3)21-12(18)10-17(9-8-16(4)5)23(19,20)13-7-6-11(15)22-13/h6-7H,8-10H2,1-5H3. The highest BCUT2D eigenvalue weighted by Gasteiger charge is 2.29. The third kappa shape index (κ3) is 6.88. The summed E-state index contributed by atoms with van der Waals surface area (Å²) in [5.41, 5.74) is -0.653. The first-order valence-corrected chi connectivity index (χ1v) is 10.1. The van der Waals surface area contributed by atoms with E-state index >= 15 is 0 Å². The third-order valence-electron chi connectivity index (χ3n) is 2.66. The Morgan fingerprint density at radius 2 is 1.87 bits per heavy atom. The van der Waals surface area contributed by atoms with E-state index < -0.39 is 21.6 Å². The smallest absolute Gasteiger partial charge is 0.321 e. The fraction of sp³-hybridized carbons (Fsp3) is 0.643. The van der Waals surface area contributed by atoms with Gasteiger partial charge in [0.25, 0.3) is 10.0 Å². The maximum atomic E-state index is 12.7. The number of hydrogen-bond donors (Lipinski definition) is 0. The number of esters is 1. The van der Waals surface area contributed by atoms with Crippen molar-refractivity contribution in [2.75, 3.05) is 33.7 Å². The van der Waals surface area contributed by atoms with E-state index in [2.05, 4.69) is 15.9 Å². The molecule has 132 valence electrons. The zero-order valence-corrected chi connectivity index (χ0v) is 17.2. The van der Waals surface area contributed by atoms with Crippen LogP contribution in [0.1, 0.15) is 20.8 Å². The summed E-state index contributed by atoms with van der Waals surface area (Å²) in [6, 6.07) is 3.21. The molecule has 0 aliphatic heterocycles. The van der Waals surface area contributed by atoms with E-state index in [9.17, 15) is 13.2 Å². The van der Waals surface area contributed by atoms with Crippen molar-refractivity contribution in [1.82, 2.24) is 9.21 Å². The summed E-state index contributed by atoms with van der Waals surface area (Å²) in [6.45, 7) is 5.67. The number of ether oxygens (including phenoxy) is 1. The van der Waals surface area contributed by atoms with Gasteiger partial charge in [-0.2, -0.15) is 4.31 Å². The Bertz CT molecular complexity index is 635. The highest BCUT2D eigenvalue weighted by Crippen LogP contribution is 2.28. The van der Waals surface area contributed by atoms with E-state index in [0.717, 1.165) is 15.1 Å². The molecule has 1 rings (SSSR count). The molecule has 0 amide bonds. The summed E-state index contributed by atoms with van der Waals surface area (Å²) >= 11 is 4.38. The van der Waals surface area contributed by atoms with Gasteiger partial charge in [-0.15, -0.1) is 11.3 Å². The van der Waals surface area contributed by atoms with Crippen LogP contribution in [0.25, 0.3) is 0 Å². The Kier molecular flexibility index (Phi) is 7.21. The molecule has 0 unspecified atom stereocenters. The predicted molar refractivity (Wildman–Crippen MR) is 95.2 cm³/mol. The summed E-state index contributed by atoms with van der Waals surface area (Å²) in [6.07, 6.45) is 0. The molecule has 0 saturated heterocycles. The van der Waals surface area contributed by atoms with E-state index in [1.165, 1.54) is 10.4 Å². The lowest BCUT2D eigenvalue weighted by Crippen LogP contribution is -2.41. The van der Waals surface area contributed by atoms with Crippen LogP contribution in [0.4, 0.5) is 0 Å². The number of carbonyl (C=O) groups is 1. The zero-order valence-electron chi connectivity index (χ0n) is 14.0. The molecule has 0 aliphatic carbocycles. The molecule has 9 heteroatoms. The first kappa shape index (κ1) is 20.6. The van der Waals surface area contributed by atoms with E-state index in [4.69, 9.17) is 4.74 Å². The van der Waals surface area contributed by atoms with Crippen LogP contribution in [-0.2, 0) is 19.6 Å². The number of halogens is 1.